The normalized spacial score (nSPS) is 17.1. The Labute approximate surface area is 169 Å². The van der Waals surface area contributed by atoms with Crippen molar-refractivity contribution in [3.63, 3.8) is 0 Å². The van der Waals surface area contributed by atoms with Crippen LogP contribution in [0.2, 0.25) is 0 Å². The smallest absolute Gasteiger partial charge is 0.178 e. The maximum Gasteiger partial charge on any atom is 0.178 e. The van der Waals surface area contributed by atoms with Crippen LogP contribution in [0, 0.1) is 28.9 Å². The summed E-state index contributed by atoms with van der Waals surface area (Å²) in [7, 11) is -3.63. The number of halogens is 2. The Morgan fingerprint density at radius 2 is 1.83 bits per heavy atom. The van der Waals surface area contributed by atoms with Crippen molar-refractivity contribution in [2.75, 3.05) is 18.8 Å². The molecule has 1 unspecified atom stereocenters. The SMILES string of the molecule is CC(O)N1CCC(CS(=O)(=O)c2ccc(-c3ccc(F)cc3F)c(C#N)c2)CC1. The molecule has 5 nitrogen and oxygen atoms in total. The van der Waals surface area contributed by atoms with Crippen molar-refractivity contribution in [3.8, 4) is 17.2 Å². The van der Waals surface area contributed by atoms with Crippen LogP contribution in [0.5, 0.6) is 0 Å². The third kappa shape index (κ3) is 4.81. The number of piperidine rings is 1. The molecule has 0 amide bonds. The van der Waals surface area contributed by atoms with Crippen LogP contribution in [0.15, 0.2) is 41.3 Å². The summed E-state index contributed by atoms with van der Waals surface area (Å²) in [5, 5.41) is 19.1. The molecular formula is C21H22F2N2O3S. The zero-order valence-electron chi connectivity index (χ0n) is 16.0. The second-order valence-corrected chi connectivity index (χ2v) is 9.37. The average molecular weight is 420 g/mol. The van der Waals surface area contributed by atoms with Crippen molar-refractivity contribution in [2.45, 2.75) is 30.9 Å². The van der Waals surface area contributed by atoms with E-state index in [-0.39, 0.29) is 33.3 Å². The van der Waals surface area contributed by atoms with Gasteiger partial charge in [0.15, 0.2) is 9.84 Å². The highest BCUT2D eigenvalue weighted by atomic mass is 32.2. The summed E-state index contributed by atoms with van der Waals surface area (Å²) in [6.45, 7) is 2.94. The third-order valence-corrected chi connectivity index (χ3v) is 7.21. The zero-order valence-corrected chi connectivity index (χ0v) is 16.8. The predicted molar refractivity (Wildman–Crippen MR) is 105 cm³/mol. The molecular weight excluding hydrogens is 398 g/mol. The summed E-state index contributed by atoms with van der Waals surface area (Å²) in [4.78, 5) is 1.90. The van der Waals surface area contributed by atoms with E-state index in [1.165, 1.54) is 24.3 Å². The molecule has 1 fully saturated rings. The quantitative estimate of drug-likeness (QED) is 0.803. The number of hydrogen-bond donors (Lipinski definition) is 1. The molecule has 1 N–H and O–H groups in total. The molecule has 1 heterocycles. The molecule has 1 aliphatic heterocycles. The molecule has 0 bridgehead atoms. The molecule has 8 heteroatoms. The summed E-state index contributed by atoms with van der Waals surface area (Å²) in [5.41, 5.74) is 0.270. The van der Waals surface area contributed by atoms with Gasteiger partial charge in [0.2, 0.25) is 0 Å². The van der Waals surface area contributed by atoms with Crippen LogP contribution in [0.25, 0.3) is 11.1 Å². The Hall–Kier alpha value is -2.34. The number of aliphatic hydroxyl groups is 1. The Balaban J connectivity index is 1.83. The molecule has 0 saturated carbocycles. The van der Waals surface area contributed by atoms with Crippen molar-refractivity contribution < 1.29 is 22.3 Å². The van der Waals surface area contributed by atoms with Gasteiger partial charge in [-0.1, -0.05) is 6.07 Å². The summed E-state index contributed by atoms with van der Waals surface area (Å²) >= 11 is 0. The third-order valence-electron chi connectivity index (χ3n) is 5.32. The number of hydrogen-bond acceptors (Lipinski definition) is 5. The van der Waals surface area contributed by atoms with Gasteiger partial charge in [-0.15, -0.1) is 0 Å². The van der Waals surface area contributed by atoms with E-state index in [1.807, 2.05) is 11.0 Å². The number of rotatable bonds is 5. The van der Waals surface area contributed by atoms with E-state index in [1.54, 1.807) is 6.92 Å². The van der Waals surface area contributed by atoms with Gasteiger partial charge < -0.3 is 5.11 Å². The first-order valence-corrected chi connectivity index (χ1v) is 11.0. The molecule has 0 aliphatic carbocycles. The lowest BCUT2D eigenvalue weighted by molar-refractivity contribution is -0.00126. The first kappa shape index (κ1) is 21.4. The van der Waals surface area contributed by atoms with Gasteiger partial charge in [0.1, 0.15) is 17.9 Å². The summed E-state index contributed by atoms with van der Waals surface area (Å²) in [6.07, 6.45) is 0.771. The standard InChI is InChI=1S/C21H22F2N2O3S/c1-14(26)25-8-6-15(7-9-25)13-29(27,28)18-3-5-19(16(10-18)12-24)20-4-2-17(22)11-21(20)23/h2-5,10-11,14-15,26H,6-9,13H2,1H3. The van der Waals surface area contributed by atoms with Crippen LogP contribution < -0.4 is 0 Å². The molecule has 0 spiro atoms. The fraction of sp³-hybridized carbons (Fsp3) is 0.381. The van der Waals surface area contributed by atoms with Gasteiger partial charge in [-0.3, -0.25) is 4.90 Å². The molecule has 2 aromatic rings. The molecule has 0 radical (unpaired) electrons. The molecule has 1 saturated heterocycles. The highest BCUT2D eigenvalue weighted by molar-refractivity contribution is 7.91. The number of nitrogens with zero attached hydrogens (tertiary/aromatic N) is 2. The predicted octanol–water partition coefficient (Wildman–Crippen LogP) is 3.33. The monoisotopic (exact) mass is 420 g/mol. The Kier molecular flexibility index (Phi) is 6.32. The van der Waals surface area contributed by atoms with Gasteiger partial charge in [-0.05, 0) is 49.9 Å². The second kappa shape index (κ2) is 8.57. The lowest BCUT2D eigenvalue weighted by atomic mass is 9.99. The Morgan fingerprint density at radius 3 is 2.41 bits per heavy atom. The fourth-order valence-corrected chi connectivity index (χ4v) is 5.37. The minimum atomic E-state index is -3.63. The van der Waals surface area contributed by atoms with E-state index >= 15 is 0 Å². The lowest BCUT2D eigenvalue weighted by Crippen LogP contribution is -2.41. The minimum Gasteiger partial charge on any atom is -0.379 e. The molecule has 29 heavy (non-hydrogen) atoms. The van der Waals surface area contributed by atoms with Crippen molar-refractivity contribution in [1.82, 2.24) is 4.90 Å². The van der Waals surface area contributed by atoms with Crippen LogP contribution in [-0.2, 0) is 9.84 Å². The molecule has 154 valence electrons. The van der Waals surface area contributed by atoms with E-state index in [0.717, 1.165) is 12.1 Å². The van der Waals surface area contributed by atoms with Crippen molar-refractivity contribution in [3.05, 3.63) is 53.6 Å². The van der Waals surface area contributed by atoms with Crippen LogP contribution >= 0.6 is 0 Å². The topological polar surface area (TPSA) is 81.4 Å². The molecule has 2 aromatic carbocycles. The van der Waals surface area contributed by atoms with Gasteiger partial charge >= 0.3 is 0 Å². The van der Waals surface area contributed by atoms with Crippen molar-refractivity contribution >= 4 is 9.84 Å². The fourth-order valence-electron chi connectivity index (χ4n) is 3.65. The van der Waals surface area contributed by atoms with Crippen LogP contribution in [0.1, 0.15) is 25.3 Å². The van der Waals surface area contributed by atoms with Crippen LogP contribution in [0.3, 0.4) is 0 Å². The summed E-state index contributed by atoms with van der Waals surface area (Å²) in [5.74, 6) is -1.63. The number of benzene rings is 2. The first-order valence-electron chi connectivity index (χ1n) is 9.35. The van der Waals surface area contributed by atoms with E-state index < -0.39 is 27.7 Å². The minimum absolute atomic E-state index is 0.0123. The van der Waals surface area contributed by atoms with Crippen molar-refractivity contribution in [2.24, 2.45) is 5.92 Å². The second-order valence-electron chi connectivity index (χ2n) is 7.34. The number of sulfone groups is 1. The number of aliphatic hydroxyl groups excluding tert-OH is 1. The summed E-state index contributed by atoms with van der Waals surface area (Å²) in [6, 6.07) is 8.94. The van der Waals surface area contributed by atoms with Crippen LogP contribution in [-0.4, -0.2) is 43.5 Å². The lowest BCUT2D eigenvalue weighted by Gasteiger charge is -2.33. The van der Waals surface area contributed by atoms with E-state index in [4.69, 9.17) is 0 Å². The summed E-state index contributed by atoms with van der Waals surface area (Å²) < 4.78 is 52.9. The largest absolute Gasteiger partial charge is 0.379 e. The number of likely N-dealkylation sites (tertiary alicyclic amines) is 1. The van der Waals surface area contributed by atoms with Gasteiger partial charge in [0.05, 0.1) is 22.3 Å². The van der Waals surface area contributed by atoms with Gasteiger partial charge in [0.25, 0.3) is 0 Å². The number of nitriles is 1. The highest BCUT2D eigenvalue weighted by Crippen LogP contribution is 2.30. The Bertz CT molecular complexity index is 1040. The highest BCUT2D eigenvalue weighted by Gasteiger charge is 2.27. The molecule has 3 rings (SSSR count). The average Bonchev–Trinajstić information content (AvgIpc) is 2.68. The van der Waals surface area contributed by atoms with Gasteiger partial charge in [0, 0.05) is 30.3 Å². The van der Waals surface area contributed by atoms with Crippen LogP contribution in [0.4, 0.5) is 8.78 Å². The molecule has 0 aromatic heterocycles. The van der Waals surface area contributed by atoms with Crippen molar-refractivity contribution in [1.29, 1.82) is 5.26 Å². The van der Waals surface area contributed by atoms with E-state index in [9.17, 15) is 27.6 Å². The first-order chi connectivity index (χ1) is 13.7. The molecule has 1 atom stereocenters. The maximum absolute atomic E-state index is 14.1. The van der Waals surface area contributed by atoms with E-state index in [0.29, 0.717) is 25.9 Å². The molecule has 1 aliphatic rings. The zero-order chi connectivity index (χ0) is 21.2. The van der Waals surface area contributed by atoms with Gasteiger partial charge in [-0.2, -0.15) is 5.26 Å². The Morgan fingerprint density at radius 1 is 1.17 bits per heavy atom. The maximum atomic E-state index is 14.1. The van der Waals surface area contributed by atoms with E-state index in [2.05, 4.69) is 0 Å². The van der Waals surface area contributed by atoms with Gasteiger partial charge in [-0.25, -0.2) is 17.2 Å².